The Bertz CT molecular complexity index is 840. The number of nitrogens with one attached hydrogen (secondary N) is 2. The number of esters is 1. The molecule has 7 nitrogen and oxygen atoms in total. The minimum absolute atomic E-state index is 0.222. The minimum Gasteiger partial charge on any atom is -0.484 e. The average molecular weight is 411 g/mol. The quantitative estimate of drug-likeness (QED) is 0.684. The van der Waals surface area contributed by atoms with Gasteiger partial charge in [-0.05, 0) is 36.4 Å². The Morgan fingerprint density at radius 1 is 1.00 bits per heavy atom. The van der Waals surface area contributed by atoms with E-state index in [4.69, 9.17) is 27.9 Å². The number of hydrogen-bond donors (Lipinski definition) is 2. The number of hydrogen-bond acceptors (Lipinski definition) is 5. The number of halogens is 2. The first-order valence-electron chi connectivity index (χ1n) is 7.72. The smallest absolute Gasteiger partial charge is 0.325 e. The molecular weight excluding hydrogens is 395 g/mol. The van der Waals surface area contributed by atoms with Gasteiger partial charge in [-0.25, -0.2) is 0 Å². The van der Waals surface area contributed by atoms with E-state index in [1.807, 2.05) is 0 Å². The first kappa shape index (κ1) is 20.5. The zero-order valence-electron chi connectivity index (χ0n) is 14.3. The van der Waals surface area contributed by atoms with Gasteiger partial charge in [-0.15, -0.1) is 0 Å². The van der Waals surface area contributed by atoms with Gasteiger partial charge in [0.15, 0.2) is 6.61 Å². The summed E-state index contributed by atoms with van der Waals surface area (Å²) in [7, 11) is 1.23. The maximum atomic E-state index is 11.9. The summed E-state index contributed by atoms with van der Waals surface area (Å²) in [5.74, 6) is -0.948. The molecule has 0 fully saturated rings. The van der Waals surface area contributed by atoms with Crippen LogP contribution in [0.1, 0.15) is 10.4 Å². The predicted molar refractivity (Wildman–Crippen MR) is 101 cm³/mol. The fourth-order valence-corrected chi connectivity index (χ4v) is 2.23. The molecule has 2 rings (SSSR count). The highest BCUT2D eigenvalue weighted by Gasteiger charge is 2.09. The van der Waals surface area contributed by atoms with E-state index in [0.29, 0.717) is 27.0 Å². The van der Waals surface area contributed by atoms with Crippen molar-refractivity contribution in [2.24, 2.45) is 0 Å². The van der Waals surface area contributed by atoms with Crippen molar-refractivity contribution < 1.29 is 23.9 Å². The van der Waals surface area contributed by atoms with E-state index in [-0.39, 0.29) is 19.1 Å². The molecule has 0 aromatic heterocycles. The normalized spacial score (nSPS) is 10.0. The molecule has 0 spiro atoms. The molecule has 27 heavy (non-hydrogen) atoms. The third-order valence-corrected chi connectivity index (χ3v) is 4.05. The molecule has 2 amide bonds. The fourth-order valence-electron chi connectivity index (χ4n) is 1.94. The number of carbonyl (C=O) groups is 3. The van der Waals surface area contributed by atoms with Gasteiger partial charge < -0.3 is 20.1 Å². The lowest BCUT2D eigenvalue weighted by Crippen LogP contribution is -2.30. The lowest BCUT2D eigenvalue weighted by atomic mass is 10.2. The number of amides is 2. The van der Waals surface area contributed by atoms with Crippen molar-refractivity contribution in [3.05, 3.63) is 58.1 Å². The lowest BCUT2D eigenvalue weighted by molar-refractivity contribution is -0.139. The zero-order chi connectivity index (χ0) is 19.8. The van der Waals surface area contributed by atoms with E-state index < -0.39 is 11.9 Å². The van der Waals surface area contributed by atoms with Crippen LogP contribution in [-0.2, 0) is 14.3 Å². The van der Waals surface area contributed by atoms with Gasteiger partial charge in [-0.3, -0.25) is 14.4 Å². The van der Waals surface area contributed by atoms with Gasteiger partial charge in [0.25, 0.3) is 11.8 Å². The molecule has 2 aromatic rings. The molecule has 2 N–H and O–H groups in total. The molecule has 0 saturated heterocycles. The van der Waals surface area contributed by atoms with Gasteiger partial charge in [-0.2, -0.15) is 0 Å². The molecule has 2 aromatic carbocycles. The highest BCUT2D eigenvalue weighted by Crippen LogP contribution is 2.26. The molecule has 142 valence electrons. The molecule has 9 heteroatoms. The Kier molecular flexibility index (Phi) is 7.45. The van der Waals surface area contributed by atoms with Crippen LogP contribution >= 0.6 is 23.2 Å². The number of anilines is 1. The monoisotopic (exact) mass is 410 g/mol. The lowest BCUT2D eigenvalue weighted by Gasteiger charge is -2.09. The third kappa shape index (κ3) is 6.47. The van der Waals surface area contributed by atoms with Crippen LogP contribution in [0.2, 0.25) is 10.0 Å². The summed E-state index contributed by atoms with van der Waals surface area (Å²) in [6, 6.07) is 10.8. The van der Waals surface area contributed by atoms with Crippen LogP contribution in [0, 0.1) is 0 Å². The van der Waals surface area contributed by atoms with E-state index in [2.05, 4.69) is 15.4 Å². The van der Waals surface area contributed by atoms with Gasteiger partial charge in [0, 0.05) is 17.3 Å². The van der Waals surface area contributed by atoms with Crippen LogP contribution in [-0.4, -0.2) is 38.0 Å². The molecule has 0 aliphatic rings. The summed E-state index contributed by atoms with van der Waals surface area (Å²) < 4.78 is 9.78. The van der Waals surface area contributed by atoms with Crippen molar-refractivity contribution in [1.29, 1.82) is 0 Å². The van der Waals surface area contributed by atoms with Gasteiger partial charge in [-0.1, -0.05) is 23.2 Å². The van der Waals surface area contributed by atoms with E-state index in [1.165, 1.54) is 25.3 Å². The van der Waals surface area contributed by atoms with Crippen LogP contribution in [0.3, 0.4) is 0 Å². The Balaban J connectivity index is 1.84. The standard InChI is InChI=1S/C18H16Cl2N2O5/c1-26-17(24)9-21-18(25)11-2-4-12(5-3-11)22-16(23)10-27-13-6-7-14(19)15(20)8-13/h2-8H,9-10H2,1H3,(H,21,25)(H,22,23). The predicted octanol–water partition coefficient (Wildman–Crippen LogP) is 2.91. The Morgan fingerprint density at radius 2 is 1.70 bits per heavy atom. The van der Waals surface area contributed by atoms with Crippen LogP contribution < -0.4 is 15.4 Å². The summed E-state index contributed by atoms with van der Waals surface area (Å²) in [5.41, 5.74) is 0.825. The fraction of sp³-hybridized carbons (Fsp3) is 0.167. The Labute approximate surface area is 165 Å². The second-order valence-electron chi connectivity index (χ2n) is 5.25. The highest BCUT2D eigenvalue weighted by molar-refractivity contribution is 6.42. The first-order valence-corrected chi connectivity index (χ1v) is 8.47. The van der Waals surface area contributed by atoms with E-state index in [1.54, 1.807) is 24.3 Å². The van der Waals surface area contributed by atoms with E-state index in [9.17, 15) is 14.4 Å². The molecule has 0 saturated carbocycles. The molecule has 0 atom stereocenters. The minimum atomic E-state index is -0.547. The second-order valence-corrected chi connectivity index (χ2v) is 6.06. The molecule has 0 bridgehead atoms. The Morgan fingerprint density at radius 3 is 2.33 bits per heavy atom. The number of benzene rings is 2. The van der Waals surface area contributed by atoms with E-state index in [0.717, 1.165) is 0 Å². The number of ether oxygens (including phenoxy) is 2. The first-order chi connectivity index (χ1) is 12.9. The molecule has 0 aliphatic heterocycles. The Hall–Kier alpha value is -2.77. The third-order valence-electron chi connectivity index (χ3n) is 3.31. The van der Waals surface area contributed by atoms with Gasteiger partial charge >= 0.3 is 5.97 Å². The van der Waals surface area contributed by atoms with Crippen LogP contribution in [0.15, 0.2) is 42.5 Å². The van der Waals surface area contributed by atoms with Crippen molar-refractivity contribution in [1.82, 2.24) is 5.32 Å². The molecular formula is C18H16Cl2N2O5. The van der Waals surface area contributed by atoms with Crippen molar-refractivity contribution in [3.63, 3.8) is 0 Å². The molecule has 0 heterocycles. The number of methoxy groups -OCH3 is 1. The molecule has 0 unspecified atom stereocenters. The summed E-state index contributed by atoms with van der Waals surface area (Å²) >= 11 is 11.7. The van der Waals surface area contributed by atoms with Crippen molar-refractivity contribution >= 4 is 46.7 Å². The van der Waals surface area contributed by atoms with Crippen LogP contribution in [0.4, 0.5) is 5.69 Å². The maximum absolute atomic E-state index is 11.9. The zero-order valence-corrected chi connectivity index (χ0v) is 15.8. The van der Waals surface area contributed by atoms with Crippen LogP contribution in [0.5, 0.6) is 5.75 Å². The van der Waals surface area contributed by atoms with Gasteiger partial charge in [0.2, 0.25) is 0 Å². The average Bonchev–Trinajstić information content (AvgIpc) is 2.67. The molecule has 0 radical (unpaired) electrons. The highest BCUT2D eigenvalue weighted by atomic mass is 35.5. The SMILES string of the molecule is COC(=O)CNC(=O)c1ccc(NC(=O)COc2ccc(Cl)c(Cl)c2)cc1. The van der Waals surface area contributed by atoms with Crippen LogP contribution in [0.25, 0.3) is 0 Å². The van der Waals surface area contributed by atoms with Crippen molar-refractivity contribution in [3.8, 4) is 5.75 Å². The topological polar surface area (TPSA) is 93.7 Å². The van der Waals surface area contributed by atoms with E-state index >= 15 is 0 Å². The van der Waals surface area contributed by atoms with Gasteiger partial charge in [0.05, 0.1) is 17.2 Å². The number of rotatable bonds is 7. The second kappa shape index (κ2) is 9.80. The summed E-state index contributed by atoms with van der Waals surface area (Å²) in [5, 5.41) is 5.77. The van der Waals surface area contributed by atoms with Crippen molar-refractivity contribution in [2.45, 2.75) is 0 Å². The van der Waals surface area contributed by atoms with Crippen molar-refractivity contribution in [2.75, 3.05) is 25.6 Å². The van der Waals surface area contributed by atoms with Gasteiger partial charge in [0.1, 0.15) is 12.3 Å². The summed E-state index contributed by atoms with van der Waals surface area (Å²) in [6.45, 7) is -0.445. The summed E-state index contributed by atoms with van der Waals surface area (Å²) in [6.07, 6.45) is 0. The summed E-state index contributed by atoms with van der Waals surface area (Å²) in [4.78, 5) is 34.8. The molecule has 0 aliphatic carbocycles. The largest absolute Gasteiger partial charge is 0.484 e. The number of carbonyl (C=O) groups excluding carboxylic acids is 3. The maximum Gasteiger partial charge on any atom is 0.325 e.